The van der Waals surface area contributed by atoms with E-state index in [9.17, 15) is 5.11 Å². The van der Waals surface area contributed by atoms with E-state index in [0.29, 0.717) is 101 Å². The number of methoxy groups -OCH3 is 4. The minimum Gasteiger partial charge on any atom is -0.497 e. The van der Waals surface area contributed by atoms with Crippen molar-refractivity contribution in [1.82, 2.24) is 9.97 Å². The smallest absolute Gasteiger partial charge is 0.262 e. The lowest BCUT2D eigenvalue weighted by molar-refractivity contribution is -0.297. The van der Waals surface area contributed by atoms with Crippen molar-refractivity contribution in [1.29, 1.82) is 0 Å². The van der Waals surface area contributed by atoms with E-state index in [1.54, 1.807) is 41.0 Å². The Kier molecular flexibility index (Phi) is 38.5. The molecule has 3 fully saturated rings. The predicted octanol–water partition coefficient (Wildman–Crippen LogP) is 23.3. The summed E-state index contributed by atoms with van der Waals surface area (Å²) in [5, 5.41) is 19.0. The number of aromatic nitrogens is 2. The summed E-state index contributed by atoms with van der Waals surface area (Å²) in [6.07, 6.45) is 18.8. The van der Waals surface area contributed by atoms with E-state index in [1.807, 2.05) is 29.3 Å². The van der Waals surface area contributed by atoms with Gasteiger partial charge in [0.1, 0.15) is 35.8 Å². The van der Waals surface area contributed by atoms with Crippen LogP contribution in [0, 0.1) is 11.8 Å². The van der Waals surface area contributed by atoms with E-state index < -0.39 is 69.6 Å². The maximum atomic E-state index is 12.6. The van der Waals surface area contributed by atoms with Crippen LogP contribution in [0.25, 0.3) is 12.2 Å². The lowest BCUT2D eigenvalue weighted by Gasteiger charge is -2.49. The second-order valence-electron chi connectivity index (χ2n) is 40.8. The first-order valence-electron chi connectivity index (χ1n) is 49.3. The fourth-order valence-corrected chi connectivity index (χ4v) is 38.2. The quantitative estimate of drug-likeness (QED) is 0.0216. The molecule has 0 radical (unpaired) electrons. The monoisotopic (exact) mass is 1980 g/mol. The summed E-state index contributed by atoms with van der Waals surface area (Å²) in [6, 6.07) is 75.9. The summed E-state index contributed by atoms with van der Waals surface area (Å²) in [5.74, 6) is 0.284. The standard InChI is InChI=1S/C114H153BrN2O15Si4/c1-22-133(23-2,24-3)130-92(66-68-126-134(111(9,10)11,96-46-31-25-32-47-96)97-48-33-26-34-49-97)70-83(5)69-89(118)73-93-74-94(131-135(112(12,13)14,98-50-35-27-36-51-98)99-52-37-28-38-53-99)75-104(127-93)102-81-124-107(117-102)59-43-58-103-85(7)110(125-79-87-61-64-91(120-19)65-62-87)86(8)109(128-103)84(6)72-88-80-123-108(116-88)78-114(122-21)77-95(121-20)76-105(129-114)106(71-82(4)60-63-90(119-18)45-44-67-115)132-136(113(15,16)17,100-54-39-29-40-55-100)101-56-41-30-42-57-101/h25-44,46-57,59-65,67,71-72,80-81,85-86,89-90,92-95,103-106,109-110,118H,5,22-24,45,58,66,68-70,73-79H2,1-4,6-21H3/b59-43+,63-60+,67-44+,82-71+,84-72+/t85-,86-,89-,90+,92-,93+,94+,95+,103+,104+,105+,106+,109-,110-,114-/m0/s1. The molecule has 15 atom stereocenters. The first-order valence-corrected chi connectivity index (χ1v) is 58.5. The van der Waals surface area contributed by atoms with Crippen LogP contribution >= 0.6 is 15.9 Å². The zero-order valence-corrected chi connectivity index (χ0v) is 90.0. The number of ether oxygens (including phenoxy) is 8. The van der Waals surface area contributed by atoms with Gasteiger partial charge in [-0.1, -0.05) is 355 Å². The molecule has 732 valence electrons. The van der Waals surface area contributed by atoms with Gasteiger partial charge in [0.25, 0.3) is 25.0 Å². The molecule has 3 saturated heterocycles. The molecule has 12 rings (SSSR count). The highest BCUT2D eigenvalue weighted by molar-refractivity contribution is 9.11. The fraction of sp³-hybridized carbons (Fsp3) is 0.474. The highest BCUT2D eigenvalue weighted by atomic mass is 79.9. The van der Waals surface area contributed by atoms with Crippen molar-refractivity contribution in [3.8, 4) is 5.75 Å². The number of allylic oxidation sites excluding steroid dienone is 2. The number of benzene rings is 7. The third-order valence-corrected chi connectivity index (χ3v) is 48.8. The van der Waals surface area contributed by atoms with Gasteiger partial charge in [-0.05, 0) is 164 Å². The summed E-state index contributed by atoms with van der Waals surface area (Å²) in [4.78, 5) is 12.3. The van der Waals surface area contributed by atoms with Gasteiger partial charge < -0.3 is 69.5 Å². The Balaban J connectivity index is 0.797. The number of aliphatic hydroxyl groups is 1. The summed E-state index contributed by atoms with van der Waals surface area (Å²) in [5.41, 5.74) is 5.22. The summed E-state index contributed by atoms with van der Waals surface area (Å²) in [6.45, 7) is 42.0. The van der Waals surface area contributed by atoms with Crippen molar-refractivity contribution in [2.75, 3.05) is 35.0 Å². The van der Waals surface area contributed by atoms with Crippen LogP contribution in [0.5, 0.6) is 5.75 Å². The molecule has 9 aromatic rings. The molecule has 3 aliphatic heterocycles. The van der Waals surface area contributed by atoms with Crippen LogP contribution in [-0.2, 0) is 63.9 Å². The molecule has 136 heavy (non-hydrogen) atoms. The number of aliphatic hydroxyl groups excluding tert-OH is 1. The van der Waals surface area contributed by atoms with Crippen molar-refractivity contribution in [2.45, 2.75) is 300 Å². The van der Waals surface area contributed by atoms with Crippen molar-refractivity contribution in [3.63, 3.8) is 0 Å². The van der Waals surface area contributed by atoms with Crippen LogP contribution < -0.4 is 35.9 Å². The fourth-order valence-electron chi connectivity index (χ4n) is 21.2. The Morgan fingerprint density at radius 2 is 1.18 bits per heavy atom. The predicted molar refractivity (Wildman–Crippen MR) is 565 cm³/mol. The van der Waals surface area contributed by atoms with E-state index in [4.69, 9.17) is 81.0 Å². The maximum Gasteiger partial charge on any atom is 0.262 e. The Morgan fingerprint density at radius 3 is 1.69 bits per heavy atom. The minimum absolute atomic E-state index is 0.0481. The molecular weight excluding hydrogens is 1830 g/mol. The number of rotatable bonds is 46. The number of hydrogen-bond donors (Lipinski definition) is 1. The van der Waals surface area contributed by atoms with Gasteiger partial charge in [-0.25, -0.2) is 9.97 Å². The van der Waals surface area contributed by atoms with Crippen molar-refractivity contribution in [3.05, 3.63) is 306 Å². The van der Waals surface area contributed by atoms with E-state index in [-0.39, 0.29) is 76.1 Å². The molecule has 5 heterocycles. The van der Waals surface area contributed by atoms with Gasteiger partial charge in [0.15, 0.2) is 20.0 Å². The molecule has 17 nitrogen and oxygen atoms in total. The molecule has 2 aromatic heterocycles. The number of oxazole rings is 2. The Morgan fingerprint density at radius 1 is 0.625 bits per heavy atom. The average molecular weight is 1980 g/mol. The number of hydrogen-bond acceptors (Lipinski definition) is 17. The third kappa shape index (κ3) is 26.3. The minimum atomic E-state index is -3.20. The second-order valence-corrected chi connectivity index (χ2v) is 58.9. The highest BCUT2D eigenvalue weighted by Crippen LogP contribution is 2.47. The maximum absolute atomic E-state index is 12.6. The summed E-state index contributed by atoms with van der Waals surface area (Å²) < 4.78 is 97.7. The third-order valence-electron chi connectivity index (χ3n) is 28.5. The van der Waals surface area contributed by atoms with Crippen LogP contribution in [0.3, 0.4) is 0 Å². The van der Waals surface area contributed by atoms with Crippen LogP contribution in [0.15, 0.2) is 286 Å². The van der Waals surface area contributed by atoms with Gasteiger partial charge >= 0.3 is 0 Å². The molecule has 0 aliphatic carbocycles. The van der Waals surface area contributed by atoms with Gasteiger partial charge in [0.05, 0.1) is 87.3 Å². The van der Waals surface area contributed by atoms with Crippen LogP contribution in [0.2, 0.25) is 33.2 Å². The number of nitrogens with zero attached hydrogens (tertiary/aromatic N) is 2. The Labute approximate surface area is 825 Å². The topological polar surface area (TPSA) is 183 Å². The molecule has 22 heteroatoms. The molecule has 3 aliphatic rings. The van der Waals surface area contributed by atoms with E-state index in [2.05, 4.69) is 351 Å². The molecule has 0 amide bonds. The first-order chi connectivity index (χ1) is 65.2. The van der Waals surface area contributed by atoms with Crippen molar-refractivity contribution >= 4 is 92.5 Å². The molecular formula is C114H153BrN2O15Si4. The van der Waals surface area contributed by atoms with Crippen LogP contribution in [-0.4, -0.2) is 156 Å². The zero-order chi connectivity index (χ0) is 97.5. The summed E-state index contributed by atoms with van der Waals surface area (Å²) in [7, 11) is -4.42. The molecule has 0 saturated carbocycles. The van der Waals surface area contributed by atoms with Gasteiger partial charge in [0, 0.05) is 59.0 Å². The second kappa shape index (κ2) is 49.0. The number of halogens is 1. The molecule has 7 aromatic carbocycles. The van der Waals surface area contributed by atoms with Crippen LogP contribution in [0.4, 0.5) is 0 Å². The average Bonchev–Trinajstić information content (AvgIpc) is 0.792. The van der Waals surface area contributed by atoms with Crippen molar-refractivity contribution < 1.29 is 69.5 Å². The summed E-state index contributed by atoms with van der Waals surface area (Å²) >= 11 is 3.44. The highest BCUT2D eigenvalue weighted by Gasteiger charge is 2.57. The lowest BCUT2D eigenvalue weighted by Crippen LogP contribution is -2.69. The first kappa shape index (κ1) is 107. The molecule has 1 N–H and O–H groups in total. The van der Waals surface area contributed by atoms with Crippen LogP contribution in [0.1, 0.15) is 210 Å². The van der Waals surface area contributed by atoms with E-state index in [1.165, 1.54) is 20.7 Å². The van der Waals surface area contributed by atoms with E-state index in [0.717, 1.165) is 56.5 Å². The van der Waals surface area contributed by atoms with Gasteiger partial charge in [-0.2, -0.15) is 0 Å². The Bertz CT molecular complexity index is 5160. The zero-order valence-electron chi connectivity index (χ0n) is 84.4. The normalized spacial score (nSPS) is 22.5. The van der Waals surface area contributed by atoms with Gasteiger partial charge in [0.2, 0.25) is 5.89 Å². The van der Waals surface area contributed by atoms with Gasteiger partial charge in [-0.15, -0.1) is 0 Å². The van der Waals surface area contributed by atoms with Crippen molar-refractivity contribution in [2.24, 2.45) is 11.8 Å². The van der Waals surface area contributed by atoms with E-state index >= 15 is 0 Å². The molecule has 0 spiro atoms. The molecule has 0 unspecified atom stereocenters. The Hall–Kier alpha value is -7.93. The SMILES string of the molecule is C=C(C[C@H](O)C[C@@H]1C[C@@H](O[Si](c2ccccc2)(c2ccccc2)C(C)(C)C)C[C@H](c2coc(/C=C/C[C@H]3O[C@@H](/C(C)=C/c4coc(C[C@]5(OC)C[C@H](OC)C[C@H]([C@@H](/C=C(C)/C=C/[C@@H](C/C=C/Br)OC)O[Si](c6ccccc6)(c6ccccc6)C(C)(C)C)O5)n4)[C@H](C)[C@@H](OCc4ccc(OC)cc4)[C@H]3C)n2)O1)C[C@H](CCO[Si](c1ccccc1)(c1ccccc1)C(C)(C)C)O[Si](CC)(CC)CC. The largest absolute Gasteiger partial charge is 0.497 e. The molecule has 0 bridgehead atoms. The lowest BCUT2D eigenvalue weighted by atomic mass is 9.79. The van der Waals surface area contributed by atoms with Gasteiger partial charge in [-0.3, -0.25) is 0 Å².